The molecule has 0 amide bonds. The third-order valence-electron chi connectivity index (χ3n) is 5.95. The maximum Gasteiger partial charge on any atom is 0.314 e. The zero-order chi connectivity index (χ0) is 18.6. The Morgan fingerprint density at radius 3 is 2.08 bits per heavy atom. The Hall–Kier alpha value is -1.61. The van der Waals surface area contributed by atoms with Gasteiger partial charge in [0.05, 0.1) is 5.41 Å². The van der Waals surface area contributed by atoms with Crippen LogP contribution in [0.2, 0.25) is 0 Å². The van der Waals surface area contributed by atoms with Crippen molar-refractivity contribution in [3.05, 3.63) is 58.6 Å². The number of rotatable bonds is 6. The summed E-state index contributed by atoms with van der Waals surface area (Å²) in [5.74, 6) is 0.0345. The molecule has 1 fully saturated rings. The fourth-order valence-electron chi connectivity index (χ4n) is 4.20. The van der Waals surface area contributed by atoms with Gasteiger partial charge in [-0.3, -0.25) is 4.79 Å². The Balaban J connectivity index is 1.79. The maximum absolute atomic E-state index is 12.2. The topological polar surface area (TPSA) is 37.3 Å². The molecule has 0 bridgehead atoms. The van der Waals surface area contributed by atoms with E-state index in [9.17, 15) is 9.90 Å². The number of unbranched alkanes of at least 4 members (excludes halogenated alkanes) is 1. The number of halogens is 1. The first-order chi connectivity index (χ1) is 12.5. The van der Waals surface area contributed by atoms with E-state index in [4.69, 9.17) is 0 Å². The summed E-state index contributed by atoms with van der Waals surface area (Å²) >= 11 is 3.46. The molecule has 1 aliphatic carbocycles. The summed E-state index contributed by atoms with van der Waals surface area (Å²) in [4.78, 5) is 12.2. The second-order valence-electron chi connectivity index (χ2n) is 7.56. The average Bonchev–Trinajstić information content (AvgIpc) is 2.67. The molecule has 2 aromatic rings. The molecular formula is C23H27BrO2. The highest BCUT2D eigenvalue weighted by Gasteiger charge is 2.43. The van der Waals surface area contributed by atoms with E-state index in [1.54, 1.807) is 0 Å². The van der Waals surface area contributed by atoms with Crippen LogP contribution >= 0.6 is 15.9 Å². The normalized spacial score (nSPS) is 22.9. The minimum atomic E-state index is -0.707. The van der Waals surface area contributed by atoms with E-state index in [2.05, 4.69) is 47.1 Å². The van der Waals surface area contributed by atoms with Crippen LogP contribution in [0.15, 0.2) is 53.0 Å². The Morgan fingerprint density at radius 1 is 1.04 bits per heavy atom. The van der Waals surface area contributed by atoms with Crippen LogP contribution in [0, 0.1) is 5.92 Å². The van der Waals surface area contributed by atoms with Gasteiger partial charge in [-0.05, 0) is 60.4 Å². The molecule has 3 heteroatoms. The van der Waals surface area contributed by atoms with Crippen molar-refractivity contribution >= 4 is 21.9 Å². The number of carboxylic acid groups (broad SMARTS) is 1. The molecule has 0 aliphatic heterocycles. The fraction of sp³-hybridized carbons (Fsp3) is 0.435. The number of carboxylic acids is 1. The molecule has 0 atom stereocenters. The van der Waals surface area contributed by atoms with Gasteiger partial charge in [0.25, 0.3) is 0 Å². The van der Waals surface area contributed by atoms with Crippen molar-refractivity contribution in [2.45, 2.75) is 57.3 Å². The SMILES string of the molecule is CCCCC1CCC(C(=O)O)(c2ccc(-c3ccc(Br)cc3)cc2)CC1. The molecule has 2 nitrogen and oxygen atoms in total. The lowest BCUT2D eigenvalue weighted by molar-refractivity contribution is -0.145. The molecule has 0 spiro atoms. The van der Waals surface area contributed by atoms with Gasteiger partial charge in [-0.15, -0.1) is 0 Å². The van der Waals surface area contributed by atoms with Gasteiger partial charge in [-0.1, -0.05) is 78.5 Å². The summed E-state index contributed by atoms with van der Waals surface area (Å²) in [5, 5.41) is 10.0. The van der Waals surface area contributed by atoms with Gasteiger partial charge < -0.3 is 5.11 Å². The summed E-state index contributed by atoms with van der Waals surface area (Å²) in [5.41, 5.74) is 2.52. The quantitative estimate of drug-likeness (QED) is 0.562. The largest absolute Gasteiger partial charge is 0.481 e. The number of hydrogen-bond acceptors (Lipinski definition) is 1. The van der Waals surface area contributed by atoms with Gasteiger partial charge in [0.2, 0.25) is 0 Å². The molecule has 2 aromatic carbocycles. The predicted octanol–water partition coefficient (Wildman–Crippen LogP) is 6.82. The lowest BCUT2D eigenvalue weighted by Crippen LogP contribution is -2.39. The molecule has 1 saturated carbocycles. The standard InChI is InChI=1S/C23H27BrO2/c1-2-3-4-17-13-15-23(16-14-17,22(25)26)20-9-5-18(6-10-20)19-7-11-21(24)12-8-19/h5-12,17H,2-4,13-16H2,1H3,(H,25,26). The van der Waals surface area contributed by atoms with Crippen molar-refractivity contribution < 1.29 is 9.90 Å². The van der Waals surface area contributed by atoms with E-state index < -0.39 is 11.4 Å². The second kappa shape index (κ2) is 8.39. The van der Waals surface area contributed by atoms with Crippen LogP contribution in [-0.4, -0.2) is 11.1 Å². The maximum atomic E-state index is 12.2. The summed E-state index contributed by atoms with van der Waals surface area (Å²) < 4.78 is 1.06. The molecule has 0 heterocycles. The van der Waals surface area contributed by atoms with E-state index in [0.717, 1.165) is 46.8 Å². The zero-order valence-corrected chi connectivity index (χ0v) is 17.0. The molecule has 0 radical (unpaired) electrons. The molecule has 0 saturated heterocycles. The molecular weight excluding hydrogens is 388 g/mol. The molecule has 138 valence electrons. The van der Waals surface area contributed by atoms with Crippen molar-refractivity contribution in [2.75, 3.05) is 0 Å². The highest BCUT2D eigenvalue weighted by Crippen LogP contribution is 2.43. The molecule has 26 heavy (non-hydrogen) atoms. The summed E-state index contributed by atoms with van der Waals surface area (Å²) in [6.07, 6.45) is 7.30. The van der Waals surface area contributed by atoms with Crippen LogP contribution in [0.3, 0.4) is 0 Å². The van der Waals surface area contributed by atoms with Crippen LogP contribution in [0.1, 0.15) is 57.4 Å². The van der Waals surface area contributed by atoms with E-state index in [1.807, 2.05) is 24.3 Å². The van der Waals surface area contributed by atoms with Gasteiger partial charge in [-0.2, -0.15) is 0 Å². The van der Waals surface area contributed by atoms with Crippen molar-refractivity contribution in [3.63, 3.8) is 0 Å². The first-order valence-electron chi connectivity index (χ1n) is 9.65. The monoisotopic (exact) mass is 414 g/mol. The number of aliphatic carboxylic acids is 1. The summed E-state index contributed by atoms with van der Waals surface area (Å²) in [6.45, 7) is 2.22. The van der Waals surface area contributed by atoms with Crippen molar-refractivity contribution in [1.29, 1.82) is 0 Å². The van der Waals surface area contributed by atoms with Crippen LogP contribution in [0.4, 0.5) is 0 Å². The Labute approximate surface area is 164 Å². The first kappa shape index (κ1) is 19.2. The second-order valence-corrected chi connectivity index (χ2v) is 8.47. The average molecular weight is 415 g/mol. The number of benzene rings is 2. The van der Waals surface area contributed by atoms with Crippen LogP contribution < -0.4 is 0 Å². The van der Waals surface area contributed by atoms with Gasteiger partial charge >= 0.3 is 5.97 Å². The smallest absolute Gasteiger partial charge is 0.314 e. The highest BCUT2D eigenvalue weighted by molar-refractivity contribution is 9.10. The van der Waals surface area contributed by atoms with Gasteiger partial charge in [-0.25, -0.2) is 0 Å². The first-order valence-corrected chi connectivity index (χ1v) is 10.4. The van der Waals surface area contributed by atoms with Crippen molar-refractivity contribution in [2.24, 2.45) is 5.92 Å². The summed E-state index contributed by atoms with van der Waals surface area (Å²) in [7, 11) is 0. The zero-order valence-electron chi connectivity index (χ0n) is 15.4. The Bertz CT molecular complexity index is 726. The highest BCUT2D eigenvalue weighted by atomic mass is 79.9. The predicted molar refractivity (Wildman–Crippen MR) is 110 cm³/mol. The lowest BCUT2D eigenvalue weighted by atomic mass is 9.66. The lowest BCUT2D eigenvalue weighted by Gasteiger charge is -2.37. The molecule has 0 aromatic heterocycles. The van der Waals surface area contributed by atoms with Gasteiger partial charge in [0.1, 0.15) is 0 Å². The minimum absolute atomic E-state index is 0.664. The van der Waals surface area contributed by atoms with Crippen LogP contribution in [-0.2, 0) is 10.2 Å². The number of carbonyl (C=O) groups is 1. The minimum Gasteiger partial charge on any atom is -0.481 e. The summed E-state index contributed by atoms with van der Waals surface area (Å²) in [6, 6.07) is 16.4. The molecule has 3 rings (SSSR count). The fourth-order valence-corrected chi connectivity index (χ4v) is 4.47. The molecule has 1 aliphatic rings. The Morgan fingerprint density at radius 2 is 1.58 bits per heavy atom. The van der Waals surface area contributed by atoms with E-state index in [-0.39, 0.29) is 0 Å². The van der Waals surface area contributed by atoms with E-state index in [1.165, 1.54) is 19.3 Å². The van der Waals surface area contributed by atoms with Crippen molar-refractivity contribution in [1.82, 2.24) is 0 Å². The van der Waals surface area contributed by atoms with E-state index in [0.29, 0.717) is 5.92 Å². The Kier molecular flexibility index (Phi) is 6.18. The van der Waals surface area contributed by atoms with Crippen LogP contribution in [0.5, 0.6) is 0 Å². The third-order valence-corrected chi connectivity index (χ3v) is 6.48. The van der Waals surface area contributed by atoms with Gasteiger partial charge in [0, 0.05) is 4.47 Å². The number of hydrogen-bond donors (Lipinski definition) is 1. The van der Waals surface area contributed by atoms with E-state index >= 15 is 0 Å². The van der Waals surface area contributed by atoms with Crippen molar-refractivity contribution in [3.8, 4) is 11.1 Å². The molecule has 0 unspecified atom stereocenters. The van der Waals surface area contributed by atoms with Crippen LogP contribution in [0.25, 0.3) is 11.1 Å². The third kappa shape index (κ3) is 4.03. The van der Waals surface area contributed by atoms with Gasteiger partial charge in [0.15, 0.2) is 0 Å². The molecule has 1 N–H and O–H groups in total.